The Morgan fingerprint density at radius 2 is 1.88 bits per heavy atom. The minimum atomic E-state index is -1.18. The van der Waals surface area contributed by atoms with E-state index in [-0.39, 0.29) is 12.0 Å². The molecule has 134 valence electrons. The zero-order valence-electron chi connectivity index (χ0n) is 15.6. The molecule has 1 unspecified atom stereocenters. The van der Waals surface area contributed by atoms with Crippen molar-refractivity contribution in [2.24, 2.45) is 10.9 Å². The smallest absolute Gasteiger partial charge is 0.413 e. The van der Waals surface area contributed by atoms with E-state index < -0.39 is 17.9 Å². The third-order valence-electron chi connectivity index (χ3n) is 3.63. The van der Waals surface area contributed by atoms with E-state index in [1.54, 1.807) is 6.92 Å². The Morgan fingerprint density at radius 1 is 1.32 bits per heavy atom. The fourth-order valence-electron chi connectivity index (χ4n) is 2.25. The van der Waals surface area contributed by atoms with Crippen LogP contribution < -0.4 is 5.32 Å². The van der Waals surface area contributed by atoms with E-state index in [0.717, 1.165) is 16.8 Å². The van der Waals surface area contributed by atoms with E-state index in [9.17, 15) is 9.59 Å². The number of nitrogens with zero attached hydrogens (tertiary/aromatic N) is 2. The number of aryl methyl sites for hydroxylation is 2. The number of rotatable bonds is 4. The van der Waals surface area contributed by atoms with E-state index in [1.165, 1.54) is 11.8 Å². The lowest BCUT2D eigenvalue weighted by Crippen LogP contribution is -2.36. The van der Waals surface area contributed by atoms with Gasteiger partial charge in [0, 0.05) is 6.21 Å². The van der Waals surface area contributed by atoms with Crippen LogP contribution in [0.2, 0.25) is 0 Å². The van der Waals surface area contributed by atoms with Crippen LogP contribution in [0.4, 0.5) is 10.5 Å². The molecule has 0 saturated carbocycles. The molecule has 0 radical (unpaired) electrons. The Morgan fingerprint density at radius 3 is 2.32 bits per heavy atom. The molecule has 2 amide bonds. The molecule has 0 spiro atoms. The predicted octanol–water partition coefficient (Wildman–Crippen LogP) is 3.72. The van der Waals surface area contributed by atoms with E-state index in [0.29, 0.717) is 0 Å². The maximum absolute atomic E-state index is 11.9. The second kappa shape index (κ2) is 8.43. The first-order valence-electron chi connectivity index (χ1n) is 8.13. The van der Waals surface area contributed by atoms with E-state index in [2.05, 4.69) is 42.6 Å². The molecule has 1 aromatic rings. The predicted molar refractivity (Wildman–Crippen MR) is 97.0 cm³/mol. The highest BCUT2D eigenvalue weighted by Crippen LogP contribution is 2.31. The zero-order chi connectivity index (χ0) is 19.2. The van der Waals surface area contributed by atoms with Crippen molar-refractivity contribution in [2.75, 3.05) is 6.61 Å². The van der Waals surface area contributed by atoms with Gasteiger partial charge in [-0.15, -0.1) is 0 Å². The van der Waals surface area contributed by atoms with Crippen molar-refractivity contribution in [2.45, 2.75) is 47.0 Å². The van der Waals surface area contributed by atoms with Crippen LogP contribution in [0.25, 0.3) is 0 Å². The lowest BCUT2D eigenvalue weighted by Gasteiger charge is -2.21. The molecule has 1 aromatic carbocycles. The van der Waals surface area contributed by atoms with Gasteiger partial charge in [0.15, 0.2) is 5.92 Å². The molecule has 1 rings (SSSR count). The molecule has 0 aliphatic rings. The zero-order valence-corrected chi connectivity index (χ0v) is 15.6. The molecule has 0 aliphatic carbocycles. The van der Waals surface area contributed by atoms with Crippen molar-refractivity contribution in [3.05, 3.63) is 28.8 Å². The fourth-order valence-corrected chi connectivity index (χ4v) is 2.25. The normalized spacial score (nSPS) is 12.5. The third-order valence-corrected chi connectivity index (χ3v) is 3.63. The minimum Gasteiger partial charge on any atom is -0.450 e. The summed E-state index contributed by atoms with van der Waals surface area (Å²) in [6.45, 7) is 12.0. The number of carbonyl (C=O) groups is 2. The maximum Gasteiger partial charge on any atom is 0.413 e. The Hall–Kier alpha value is -2.68. The number of benzene rings is 1. The van der Waals surface area contributed by atoms with Gasteiger partial charge in [0.05, 0.1) is 18.4 Å². The van der Waals surface area contributed by atoms with Crippen LogP contribution in [0.1, 0.15) is 44.4 Å². The topological polar surface area (TPSA) is 91.5 Å². The molecule has 0 aliphatic heterocycles. The summed E-state index contributed by atoms with van der Waals surface area (Å²) >= 11 is 0. The third kappa shape index (κ3) is 5.71. The average molecular weight is 343 g/mol. The van der Waals surface area contributed by atoms with Gasteiger partial charge in [-0.05, 0) is 42.9 Å². The number of amides is 2. The lowest BCUT2D eigenvalue weighted by atomic mass is 9.85. The van der Waals surface area contributed by atoms with Gasteiger partial charge in [0.25, 0.3) is 5.91 Å². The van der Waals surface area contributed by atoms with Gasteiger partial charge < -0.3 is 4.74 Å². The lowest BCUT2D eigenvalue weighted by molar-refractivity contribution is -0.121. The summed E-state index contributed by atoms with van der Waals surface area (Å²) in [5, 5.41) is 11.2. The van der Waals surface area contributed by atoms with Crippen LogP contribution in [-0.4, -0.2) is 24.8 Å². The number of hydrogen-bond acceptors (Lipinski definition) is 5. The first-order valence-corrected chi connectivity index (χ1v) is 8.13. The summed E-state index contributed by atoms with van der Waals surface area (Å²) < 4.78 is 4.63. The van der Waals surface area contributed by atoms with E-state index in [4.69, 9.17) is 5.26 Å². The van der Waals surface area contributed by atoms with Crippen molar-refractivity contribution in [1.82, 2.24) is 5.32 Å². The summed E-state index contributed by atoms with van der Waals surface area (Å²) in [5.41, 5.74) is 3.86. The highest BCUT2D eigenvalue weighted by Gasteiger charge is 2.20. The highest BCUT2D eigenvalue weighted by molar-refractivity contribution is 6.03. The number of ether oxygens (including phenoxy) is 1. The van der Waals surface area contributed by atoms with Gasteiger partial charge in [-0.2, -0.15) is 5.26 Å². The van der Waals surface area contributed by atoms with E-state index in [1.807, 2.05) is 25.2 Å². The number of imide groups is 1. The molecule has 6 nitrogen and oxygen atoms in total. The Balaban J connectivity index is 3.01. The molecule has 1 atom stereocenters. The molecule has 0 aromatic heterocycles. The molecule has 6 heteroatoms. The van der Waals surface area contributed by atoms with Gasteiger partial charge >= 0.3 is 6.09 Å². The van der Waals surface area contributed by atoms with Gasteiger partial charge in [0.1, 0.15) is 0 Å². The first kappa shape index (κ1) is 20.4. The van der Waals surface area contributed by atoms with Crippen LogP contribution >= 0.6 is 0 Å². The van der Waals surface area contributed by atoms with Gasteiger partial charge in [-0.25, -0.2) is 4.79 Å². The average Bonchev–Trinajstić information content (AvgIpc) is 2.49. The van der Waals surface area contributed by atoms with Gasteiger partial charge in [-0.3, -0.25) is 15.1 Å². The SMILES string of the molecule is CCOC(=O)NC(=O)C(C#N)C=Nc1c(C)cc(C(C)(C)C)cc1C. The standard InChI is InChI=1S/C19H25N3O3/c1-7-25-18(24)22-17(23)14(10-20)11-21-16-12(2)8-15(9-13(16)3)19(4,5)6/h8-9,11,14H,7H2,1-6H3,(H,22,23,24). The molecule has 0 heterocycles. The molecule has 25 heavy (non-hydrogen) atoms. The van der Waals surface area contributed by atoms with Gasteiger partial charge in [-0.1, -0.05) is 32.9 Å². The molecule has 0 saturated heterocycles. The summed E-state index contributed by atoms with van der Waals surface area (Å²) in [4.78, 5) is 27.5. The van der Waals surface area contributed by atoms with Crippen molar-refractivity contribution >= 4 is 23.9 Å². The number of nitrogens with one attached hydrogen (secondary N) is 1. The molecular formula is C19H25N3O3. The number of aliphatic imine (C=N–C) groups is 1. The van der Waals surface area contributed by atoms with Crippen LogP contribution in [0.5, 0.6) is 0 Å². The van der Waals surface area contributed by atoms with Crippen LogP contribution in [0.3, 0.4) is 0 Å². The largest absolute Gasteiger partial charge is 0.450 e. The Bertz CT molecular complexity index is 701. The summed E-state index contributed by atoms with van der Waals surface area (Å²) in [6.07, 6.45) is 0.378. The fraction of sp³-hybridized carbons (Fsp3) is 0.474. The Kier molecular flexibility index (Phi) is 6.86. The number of hydrogen-bond donors (Lipinski definition) is 1. The monoisotopic (exact) mass is 343 g/mol. The second-order valence-electron chi connectivity index (χ2n) is 6.80. The maximum atomic E-state index is 11.9. The number of nitriles is 1. The molecular weight excluding hydrogens is 318 g/mol. The van der Waals surface area contributed by atoms with Crippen molar-refractivity contribution < 1.29 is 14.3 Å². The minimum absolute atomic E-state index is 0.0203. The number of carbonyl (C=O) groups excluding carboxylic acids is 2. The van der Waals surface area contributed by atoms with Crippen LogP contribution in [0, 0.1) is 31.1 Å². The highest BCUT2D eigenvalue weighted by atomic mass is 16.5. The molecule has 0 fully saturated rings. The first-order chi connectivity index (χ1) is 11.6. The van der Waals surface area contributed by atoms with E-state index >= 15 is 0 Å². The Labute approximate surface area is 148 Å². The van der Waals surface area contributed by atoms with Crippen molar-refractivity contribution in [1.29, 1.82) is 5.26 Å². The molecule has 1 N–H and O–H groups in total. The van der Waals surface area contributed by atoms with Crippen LogP contribution in [-0.2, 0) is 14.9 Å². The quantitative estimate of drug-likeness (QED) is 0.843. The molecule has 0 bridgehead atoms. The van der Waals surface area contributed by atoms with Crippen molar-refractivity contribution in [3.8, 4) is 6.07 Å². The van der Waals surface area contributed by atoms with Crippen LogP contribution in [0.15, 0.2) is 17.1 Å². The summed E-state index contributed by atoms with van der Waals surface area (Å²) in [6, 6.07) is 5.94. The van der Waals surface area contributed by atoms with Gasteiger partial charge in [0.2, 0.25) is 0 Å². The summed E-state index contributed by atoms with van der Waals surface area (Å²) in [5.74, 6) is -1.93. The van der Waals surface area contributed by atoms with Crippen molar-refractivity contribution in [3.63, 3.8) is 0 Å². The second-order valence-corrected chi connectivity index (χ2v) is 6.80. The summed E-state index contributed by atoms with van der Waals surface area (Å²) in [7, 11) is 0. The number of alkyl carbamates (subject to hydrolysis) is 1.